The largest absolute Gasteiger partial charge is 0.395 e. The third-order valence-electron chi connectivity index (χ3n) is 6.99. The first kappa shape index (κ1) is 31.1. The zero-order valence-corrected chi connectivity index (χ0v) is 26.4. The van der Waals surface area contributed by atoms with Gasteiger partial charge in [-0.2, -0.15) is 9.97 Å². The minimum Gasteiger partial charge on any atom is -0.395 e. The van der Waals surface area contributed by atoms with E-state index in [1.807, 2.05) is 27.7 Å². The van der Waals surface area contributed by atoms with E-state index in [1.165, 1.54) is 9.13 Å². The smallest absolute Gasteiger partial charge is 0.283 e. The van der Waals surface area contributed by atoms with Gasteiger partial charge in [0.05, 0.1) is 18.8 Å². The molecular weight excluding hydrogens is 668 g/mol. The van der Waals surface area contributed by atoms with Gasteiger partial charge in [-0.3, -0.25) is 18.7 Å². The van der Waals surface area contributed by atoms with Crippen LogP contribution in [0.25, 0.3) is 22.3 Å². The summed E-state index contributed by atoms with van der Waals surface area (Å²) >= 11 is 6.61. The summed E-state index contributed by atoms with van der Waals surface area (Å²) in [7, 11) is 0. The number of aliphatic hydroxyl groups excluding tert-OH is 2. The number of fused-ring (bicyclic) bond motifs is 2. The number of imidazole rings is 2. The Kier molecular flexibility index (Phi) is 8.94. The SMILES string of the molecule is CC(C)(CCn1c(N)nc2c(nc(Br)n2CCO)c1=O)OCCC(C)(C)n1c(N)nc2c(nc(Br)n2CCO)c1=O. The lowest BCUT2D eigenvalue weighted by Crippen LogP contribution is -2.40. The maximum absolute atomic E-state index is 13.4. The minimum atomic E-state index is -0.761. The predicted octanol–water partition coefficient (Wildman–Crippen LogP) is 1.18. The number of rotatable bonds is 12. The number of nitrogen functional groups attached to an aromatic ring is 2. The Morgan fingerprint density at radius 1 is 0.756 bits per heavy atom. The lowest BCUT2D eigenvalue weighted by Gasteiger charge is -2.31. The number of anilines is 2. The number of hydrogen-bond donors (Lipinski definition) is 4. The summed E-state index contributed by atoms with van der Waals surface area (Å²) in [6, 6.07) is 0. The molecule has 4 heterocycles. The first-order valence-corrected chi connectivity index (χ1v) is 14.5. The predicted molar refractivity (Wildman–Crippen MR) is 161 cm³/mol. The van der Waals surface area contributed by atoms with Crippen LogP contribution < -0.4 is 22.6 Å². The fourth-order valence-corrected chi connectivity index (χ4v) is 5.70. The molecule has 4 aromatic heterocycles. The van der Waals surface area contributed by atoms with Crippen molar-refractivity contribution in [2.75, 3.05) is 31.3 Å². The molecule has 0 bridgehead atoms. The van der Waals surface area contributed by atoms with E-state index in [0.717, 1.165) is 0 Å². The molecule has 0 atom stereocenters. The average molecular weight is 702 g/mol. The van der Waals surface area contributed by atoms with E-state index in [0.29, 0.717) is 33.6 Å². The molecule has 0 saturated carbocycles. The van der Waals surface area contributed by atoms with Gasteiger partial charge in [-0.05, 0) is 72.4 Å². The maximum Gasteiger partial charge on any atom is 0.283 e. The Morgan fingerprint density at radius 2 is 1.27 bits per heavy atom. The van der Waals surface area contributed by atoms with Crippen molar-refractivity contribution in [3.63, 3.8) is 0 Å². The van der Waals surface area contributed by atoms with Crippen molar-refractivity contribution in [3.05, 3.63) is 30.2 Å². The summed E-state index contributed by atoms with van der Waals surface area (Å²) in [5, 5.41) is 18.7. The van der Waals surface area contributed by atoms with Crippen molar-refractivity contribution in [1.82, 2.24) is 38.2 Å². The molecule has 6 N–H and O–H groups in total. The van der Waals surface area contributed by atoms with E-state index in [4.69, 9.17) is 16.2 Å². The maximum atomic E-state index is 13.4. The van der Waals surface area contributed by atoms with Crippen molar-refractivity contribution in [2.24, 2.45) is 0 Å². The molecule has 224 valence electrons. The quantitative estimate of drug-likeness (QED) is 0.154. The molecule has 0 radical (unpaired) electrons. The van der Waals surface area contributed by atoms with Crippen molar-refractivity contribution >= 4 is 66.1 Å². The van der Waals surface area contributed by atoms with Crippen LogP contribution in [0.2, 0.25) is 0 Å². The van der Waals surface area contributed by atoms with Crippen LogP contribution in [-0.2, 0) is 29.9 Å². The molecule has 0 aliphatic heterocycles. The second kappa shape index (κ2) is 11.8. The van der Waals surface area contributed by atoms with Crippen LogP contribution in [0.3, 0.4) is 0 Å². The van der Waals surface area contributed by atoms with Crippen LogP contribution in [-0.4, -0.2) is 73.8 Å². The van der Waals surface area contributed by atoms with Crippen molar-refractivity contribution in [2.45, 2.75) is 71.3 Å². The average Bonchev–Trinajstić information content (AvgIpc) is 3.35. The summed E-state index contributed by atoms with van der Waals surface area (Å²) in [6.07, 6.45) is 0.868. The normalized spacial score (nSPS) is 12.7. The number of aromatic nitrogens is 8. The zero-order chi connectivity index (χ0) is 30.3. The van der Waals surface area contributed by atoms with E-state index >= 15 is 0 Å². The Bertz CT molecular complexity index is 1710. The van der Waals surface area contributed by atoms with E-state index < -0.39 is 11.1 Å². The second-order valence-corrected chi connectivity index (χ2v) is 12.2. The highest BCUT2D eigenvalue weighted by Crippen LogP contribution is 2.26. The Morgan fingerprint density at radius 3 is 1.80 bits per heavy atom. The lowest BCUT2D eigenvalue weighted by atomic mass is 10.00. The zero-order valence-electron chi connectivity index (χ0n) is 23.3. The fraction of sp³-hybridized carbons (Fsp3) is 0.583. The molecular formula is C24H34Br2N10O5. The highest BCUT2D eigenvalue weighted by Gasteiger charge is 2.29. The van der Waals surface area contributed by atoms with Gasteiger partial charge in [-0.25, -0.2) is 9.97 Å². The lowest BCUT2D eigenvalue weighted by molar-refractivity contribution is -0.0357. The van der Waals surface area contributed by atoms with Crippen LogP contribution in [0.1, 0.15) is 40.5 Å². The Labute approximate surface area is 251 Å². The summed E-state index contributed by atoms with van der Waals surface area (Å²) in [5.74, 6) is 0.0704. The number of nitrogens with two attached hydrogens (primary N) is 2. The van der Waals surface area contributed by atoms with E-state index in [-0.39, 0.29) is 73.5 Å². The summed E-state index contributed by atoms with van der Waals surface area (Å²) in [5.41, 5.74) is 11.1. The topological polar surface area (TPSA) is 207 Å². The van der Waals surface area contributed by atoms with E-state index in [2.05, 4.69) is 51.8 Å². The molecule has 0 aliphatic rings. The molecule has 0 aliphatic carbocycles. The van der Waals surface area contributed by atoms with Gasteiger partial charge in [0.15, 0.2) is 31.8 Å². The monoisotopic (exact) mass is 700 g/mol. The van der Waals surface area contributed by atoms with Gasteiger partial charge in [0.1, 0.15) is 0 Å². The fourth-order valence-electron chi connectivity index (χ4n) is 4.66. The molecule has 4 rings (SSSR count). The van der Waals surface area contributed by atoms with Gasteiger partial charge in [-0.1, -0.05) is 0 Å². The molecule has 0 fully saturated rings. The van der Waals surface area contributed by atoms with Crippen LogP contribution >= 0.6 is 31.9 Å². The summed E-state index contributed by atoms with van der Waals surface area (Å²) < 4.78 is 12.9. The van der Waals surface area contributed by atoms with Crippen LogP contribution in [0.4, 0.5) is 11.9 Å². The van der Waals surface area contributed by atoms with Crippen molar-refractivity contribution in [1.29, 1.82) is 0 Å². The minimum absolute atomic E-state index is 0.0316. The van der Waals surface area contributed by atoms with Crippen LogP contribution in [0.15, 0.2) is 19.1 Å². The molecule has 0 amide bonds. The van der Waals surface area contributed by atoms with Gasteiger partial charge in [0, 0.05) is 31.8 Å². The molecule has 15 nitrogen and oxygen atoms in total. The number of ether oxygens (including phenoxy) is 1. The first-order chi connectivity index (χ1) is 19.2. The van der Waals surface area contributed by atoms with Gasteiger partial charge in [0.25, 0.3) is 11.1 Å². The van der Waals surface area contributed by atoms with Crippen molar-refractivity contribution < 1.29 is 14.9 Å². The van der Waals surface area contributed by atoms with E-state index in [9.17, 15) is 19.8 Å². The van der Waals surface area contributed by atoms with Crippen LogP contribution in [0.5, 0.6) is 0 Å². The second-order valence-electron chi connectivity index (χ2n) is 10.8. The summed E-state index contributed by atoms with van der Waals surface area (Å²) in [6.45, 7) is 8.20. The Hall–Kier alpha value is -2.86. The van der Waals surface area contributed by atoms with Gasteiger partial charge in [-0.15, -0.1) is 0 Å². The van der Waals surface area contributed by atoms with Crippen LogP contribution in [0, 0.1) is 0 Å². The van der Waals surface area contributed by atoms with Gasteiger partial charge >= 0.3 is 0 Å². The molecule has 0 spiro atoms. The molecule has 0 unspecified atom stereocenters. The molecule has 0 aromatic carbocycles. The third-order valence-corrected chi connectivity index (χ3v) is 8.20. The van der Waals surface area contributed by atoms with Crippen molar-refractivity contribution in [3.8, 4) is 0 Å². The number of nitrogens with zero attached hydrogens (tertiary/aromatic N) is 8. The standard InChI is InChI=1S/C24H34Br2N10O5/c1-23(2,36-18(40)14-16(32-22(36)28)34(9-11-38)20(26)30-14)6-12-41-24(3,4)5-7-35-17(39)13-15(31-21(35)27)33(8-10-37)19(25)29-13/h37-38H,5-12H2,1-4H3,(H2,27,31)(H2,28,32). The number of aliphatic hydroxyl groups is 2. The highest BCUT2D eigenvalue weighted by atomic mass is 79.9. The number of hydrogen-bond acceptors (Lipinski definition) is 11. The molecule has 4 aromatic rings. The van der Waals surface area contributed by atoms with E-state index in [1.54, 1.807) is 9.13 Å². The molecule has 41 heavy (non-hydrogen) atoms. The van der Waals surface area contributed by atoms with Gasteiger partial charge in [0.2, 0.25) is 11.9 Å². The molecule has 17 heteroatoms. The highest BCUT2D eigenvalue weighted by molar-refractivity contribution is 9.10. The molecule has 0 saturated heterocycles. The number of halogens is 2. The van der Waals surface area contributed by atoms with Gasteiger partial charge < -0.3 is 35.6 Å². The Balaban J connectivity index is 1.47. The third kappa shape index (κ3) is 6.04. The summed E-state index contributed by atoms with van der Waals surface area (Å²) in [4.78, 5) is 43.8. The first-order valence-electron chi connectivity index (χ1n) is 12.9.